The number of anilines is 1. The largest absolute Gasteiger partial charge is 0.371 e. The second-order valence-electron chi connectivity index (χ2n) is 7.46. The fourth-order valence-corrected chi connectivity index (χ4v) is 3.58. The summed E-state index contributed by atoms with van der Waals surface area (Å²) in [6, 6.07) is 4.85. The van der Waals surface area contributed by atoms with Crippen molar-refractivity contribution in [3.05, 3.63) is 28.8 Å². The molecule has 0 bridgehead atoms. The molecule has 2 heterocycles. The van der Waals surface area contributed by atoms with E-state index in [0.29, 0.717) is 10.8 Å². The van der Waals surface area contributed by atoms with E-state index in [1.165, 1.54) is 31.5 Å². The highest BCUT2D eigenvalue weighted by atomic mass is 15.2. The van der Waals surface area contributed by atoms with E-state index < -0.39 is 0 Å². The van der Waals surface area contributed by atoms with Crippen molar-refractivity contribution in [2.75, 3.05) is 18.0 Å². The highest BCUT2D eigenvalue weighted by Crippen LogP contribution is 2.49. The van der Waals surface area contributed by atoms with Crippen LogP contribution in [0.25, 0.3) is 0 Å². The number of benzene rings is 1. The van der Waals surface area contributed by atoms with Crippen LogP contribution in [0.5, 0.6) is 0 Å². The van der Waals surface area contributed by atoms with E-state index >= 15 is 0 Å². The van der Waals surface area contributed by atoms with Gasteiger partial charge in [0.25, 0.3) is 0 Å². The molecule has 1 aromatic rings. The molecule has 0 saturated heterocycles. The molecule has 20 heavy (non-hydrogen) atoms. The molecular weight excluding hydrogens is 242 g/mol. The van der Waals surface area contributed by atoms with Crippen molar-refractivity contribution in [1.29, 1.82) is 0 Å². The number of hydrogen-bond acceptors (Lipinski definition) is 1. The molecule has 0 aliphatic carbocycles. The molecule has 0 amide bonds. The first kappa shape index (κ1) is 15.4. The van der Waals surface area contributed by atoms with Crippen LogP contribution in [-0.2, 0) is 10.8 Å². The van der Waals surface area contributed by atoms with Crippen LogP contribution in [0.1, 0.15) is 71.1 Å². The van der Waals surface area contributed by atoms with E-state index in [4.69, 9.17) is 0 Å². The highest BCUT2D eigenvalue weighted by molar-refractivity contribution is 5.68. The molecule has 0 spiro atoms. The Hall–Kier alpha value is -0.980. The van der Waals surface area contributed by atoms with Crippen molar-refractivity contribution in [3.8, 4) is 0 Å². The van der Waals surface area contributed by atoms with Gasteiger partial charge in [0.05, 0.1) is 0 Å². The maximum Gasteiger partial charge on any atom is 0.0442 e. The molecule has 2 aliphatic heterocycles. The van der Waals surface area contributed by atoms with Crippen LogP contribution in [0.4, 0.5) is 5.69 Å². The number of aryl methyl sites for hydroxylation is 1. The molecule has 1 heteroatoms. The lowest BCUT2D eigenvalue weighted by atomic mass is 9.69. The van der Waals surface area contributed by atoms with Crippen molar-refractivity contribution in [1.82, 2.24) is 0 Å². The predicted molar refractivity (Wildman–Crippen MR) is 90.0 cm³/mol. The Morgan fingerprint density at radius 2 is 1.25 bits per heavy atom. The molecule has 0 atom stereocenters. The van der Waals surface area contributed by atoms with Crippen molar-refractivity contribution in [2.45, 2.75) is 72.1 Å². The summed E-state index contributed by atoms with van der Waals surface area (Å²) < 4.78 is 0. The van der Waals surface area contributed by atoms with Gasteiger partial charge in [0.2, 0.25) is 0 Å². The van der Waals surface area contributed by atoms with Crippen molar-refractivity contribution < 1.29 is 0 Å². The van der Waals surface area contributed by atoms with Crippen LogP contribution < -0.4 is 4.90 Å². The maximum absolute atomic E-state index is 2.63. The van der Waals surface area contributed by atoms with Gasteiger partial charge in [-0.15, -0.1) is 0 Å². The Morgan fingerprint density at radius 1 is 0.850 bits per heavy atom. The van der Waals surface area contributed by atoms with Gasteiger partial charge in [0, 0.05) is 18.8 Å². The fraction of sp³-hybridized carbons (Fsp3) is 0.684. The number of rotatable bonds is 0. The first-order chi connectivity index (χ1) is 9.31. The first-order valence-electron chi connectivity index (χ1n) is 8.22. The molecule has 3 rings (SSSR count). The van der Waals surface area contributed by atoms with Gasteiger partial charge in [-0.05, 0) is 41.7 Å². The fourth-order valence-electron chi connectivity index (χ4n) is 3.58. The summed E-state index contributed by atoms with van der Waals surface area (Å²) in [7, 11) is 0. The molecule has 0 unspecified atom stereocenters. The zero-order valence-corrected chi connectivity index (χ0v) is 14.4. The molecule has 1 nitrogen and oxygen atoms in total. The van der Waals surface area contributed by atoms with Gasteiger partial charge >= 0.3 is 0 Å². The molecule has 0 N–H and O–H groups in total. The first-order valence-corrected chi connectivity index (χ1v) is 8.22. The number of nitrogens with zero attached hydrogens (tertiary/aromatic N) is 1. The van der Waals surface area contributed by atoms with Gasteiger partial charge in [0.15, 0.2) is 0 Å². The van der Waals surface area contributed by atoms with Gasteiger partial charge in [-0.2, -0.15) is 0 Å². The topological polar surface area (TPSA) is 3.24 Å². The predicted octanol–water partition coefficient (Wildman–Crippen LogP) is 5.19. The van der Waals surface area contributed by atoms with Crippen molar-refractivity contribution in [2.24, 2.45) is 0 Å². The monoisotopic (exact) mass is 273 g/mol. The Bertz CT molecular complexity index is 455. The van der Waals surface area contributed by atoms with E-state index in [-0.39, 0.29) is 0 Å². The lowest BCUT2D eigenvalue weighted by Gasteiger charge is -2.48. The molecule has 2 aliphatic rings. The summed E-state index contributed by atoms with van der Waals surface area (Å²) in [4.78, 5) is 2.63. The summed E-state index contributed by atoms with van der Waals surface area (Å²) in [5.74, 6) is 0. The minimum absolute atomic E-state index is 0.333. The third-order valence-corrected chi connectivity index (χ3v) is 5.04. The van der Waals surface area contributed by atoms with Gasteiger partial charge in [0.1, 0.15) is 0 Å². The molecule has 112 valence electrons. The Kier molecular flexibility index (Phi) is 3.92. The van der Waals surface area contributed by atoms with E-state index in [9.17, 15) is 0 Å². The highest BCUT2D eigenvalue weighted by Gasteiger charge is 2.39. The lowest BCUT2D eigenvalue weighted by molar-refractivity contribution is 0.401. The molecule has 1 aromatic carbocycles. The molecular formula is C19H31N. The SMILES string of the molecule is CC.Cc1cc2c3c(c1)C(C)(C)CCN3CCC2(C)C. The minimum Gasteiger partial charge on any atom is -0.371 e. The smallest absolute Gasteiger partial charge is 0.0442 e. The standard InChI is InChI=1S/C17H25N.C2H6/c1-12-10-13-15-14(11-12)17(4,5)7-9-18(15)8-6-16(13,2)3;1-2/h10-11H,6-9H2,1-5H3;1-2H3. The lowest BCUT2D eigenvalue weighted by Crippen LogP contribution is -2.44. The second-order valence-corrected chi connectivity index (χ2v) is 7.46. The van der Waals surface area contributed by atoms with Gasteiger partial charge in [-0.3, -0.25) is 0 Å². The van der Waals surface area contributed by atoms with Crippen LogP contribution in [0.3, 0.4) is 0 Å². The van der Waals surface area contributed by atoms with Crippen molar-refractivity contribution in [3.63, 3.8) is 0 Å². The third-order valence-electron chi connectivity index (χ3n) is 5.04. The zero-order chi connectivity index (χ0) is 15.1. The Balaban J connectivity index is 0.000000704. The van der Waals surface area contributed by atoms with Crippen LogP contribution in [0.15, 0.2) is 12.1 Å². The van der Waals surface area contributed by atoms with Crippen molar-refractivity contribution >= 4 is 5.69 Å². The summed E-state index contributed by atoms with van der Waals surface area (Å²) in [6.07, 6.45) is 2.56. The summed E-state index contributed by atoms with van der Waals surface area (Å²) in [5.41, 5.74) is 6.81. The van der Waals surface area contributed by atoms with E-state index in [2.05, 4.69) is 51.7 Å². The third kappa shape index (κ3) is 2.36. The van der Waals surface area contributed by atoms with Crippen LogP contribution in [0.2, 0.25) is 0 Å². The molecule has 0 fully saturated rings. The molecule has 0 radical (unpaired) electrons. The normalized spacial score (nSPS) is 21.6. The van der Waals surface area contributed by atoms with Crippen LogP contribution in [-0.4, -0.2) is 13.1 Å². The quantitative estimate of drug-likeness (QED) is 0.628. The van der Waals surface area contributed by atoms with Gasteiger partial charge < -0.3 is 4.90 Å². The minimum atomic E-state index is 0.333. The second kappa shape index (κ2) is 5.09. The van der Waals surface area contributed by atoms with E-state index in [0.717, 1.165) is 0 Å². The Morgan fingerprint density at radius 3 is 1.65 bits per heavy atom. The summed E-state index contributed by atoms with van der Waals surface area (Å²) in [5, 5.41) is 0. The van der Waals surface area contributed by atoms with Gasteiger partial charge in [-0.25, -0.2) is 0 Å². The summed E-state index contributed by atoms with van der Waals surface area (Å²) in [6.45, 7) is 18.3. The summed E-state index contributed by atoms with van der Waals surface area (Å²) >= 11 is 0. The molecule has 0 aromatic heterocycles. The maximum atomic E-state index is 2.63. The van der Waals surface area contributed by atoms with Crippen LogP contribution in [0, 0.1) is 6.92 Å². The Labute approximate surface area is 125 Å². The number of hydrogen-bond donors (Lipinski definition) is 0. The van der Waals surface area contributed by atoms with E-state index in [1.807, 2.05) is 13.8 Å². The van der Waals surface area contributed by atoms with Crippen LogP contribution >= 0.6 is 0 Å². The average molecular weight is 273 g/mol. The van der Waals surface area contributed by atoms with Gasteiger partial charge in [-0.1, -0.05) is 59.2 Å². The van der Waals surface area contributed by atoms with E-state index in [1.54, 1.807) is 16.8 Å². The molecule has 0 saturated carbocycles. The average Bonchev–Trinajstić information content (AvgIpc) is 2.39. The zero-order valence-electron chi connectivity index (χ0n) is 14.4.